The summed E-state index contributed by atoms with van der Waals surface area (Å²) in [5, 5.41) is 11.6. The fraction of sp³-hybridized carbons (Fsp3) is 0.467. The number of hydrogen-bond donors (Lipinski definition) is 2. The Bertz CT molecular complexity index is 540. The normalized spacial score (nSPS) is 16.7. The van der Waals surface area contributed by atoms with Crippen molar-refractivity contribution in [3.05, 3.63) is 29.6 Å². The van der Waals surface area contributed by atoms with Crippen molar-refractivity contribution in [2.75, 3.05) is 25.0 Å². The van der Waals surface area contributed by atoms with Crippen LogP contribution in [0.1, 0.15) is 18.4 Å². The number of halogens is 1. The summed E-state index contributed by atoms with van der Waals surface area (Å²) in [6.45, 7) is 3.18. The second-order valence-electron chi connectivity index (χ2n) is 5.40. The van der Waals surface area contributed by atoms with Crippen LogP contribution in [0.5, 0.6) is 0 Å². The molecular formula is C15H19FN2O3. The molecule has 1 aliphatic rings. The van der Waals surface area contributed by atoms with Crippen LogP contribution in [0.25, 0.3) is 0 Å². The molecule has 114 valence electrons. The number of carboxylic acid groups (broad SMARTS) is 1. The number of nitrogens with one attached hydrogen (secondary N) is 1. The Morgan fingerprint density at radius 1 is 1.38 bits per heavy atom. The van der Waals surface area contributed by atoms with Gasteiger partial charge in [-0.05, 0) is 50.6 Å². The van der Waals surface area contributed by atoms with Crippen molar-refractivity contribution in [1.29, 1.82) is 0 Å². The van der Waals surface area contributed by atoms with E-state index in [4.69, 9.17) is 5.11 Å². The van der Waals surface area contributed by atoms with Gasteiger partial charge in [0.1, 0.15) is 5.82 Å². The third-order valence-corrected chi connectivity index (χ3v) is 3.78. The number of amides is 1. The van der Waals surface area contributed by atoms with Crippen molar-refractivity contribution in [2.24, 2.45) is 5.92 Å². The Labute approximate surface area is 122 Å². The van der Waals surface area contributed by atoms with Gasteiger partial charge in [0, 0.05) is 5.69 Å². The standard InChI is InChI=1S/C15H19FN2O3/c1-10-2-3-12(16)8-13(10)17-14(19)9-18-6-4-11(5-7-18)15(20)21/h2-3,8,11H,4-7,9H2,1H3,(H,17,19)(H,20,21). The molecule has 0 aromatic heterocycles. The molecule has 0 aliphatic carbocycles. The Morgan fingerprint density at radius 2 is 2.05 bits per heavy atom. The summed E-state index contributed by atoms with van der Waals surface area (Å²) >= 11 is 0. The highest BCUT2D eigenvalue weighted by Crippen LogP contribution is 2.18. The summed E-state index contributed by atoms with van der Waals surface area (Å²) < 4.78 is 13.2. The lowest BCUT2D eigenvalue weighted by molar-refractivity contribution is -0.143. The number of carbonyl (C=O) groups is 2. The maximum Gasteiger partial charge on any atom is 0.306 e. The molecule has 1 aliphatic heterocycles. The van der Waals surface area contributed by atoms with Crippen molar-refractivity contribution in [2.45, 2.75) is 19.8 Å². The molecule has 2 N–H and O–H groups in total. The number of aryl methyl sites for hydroxylation is 1. The van der Waals surface area contributed by atoms with Crippen LogP contribution >= 0.6 is 0 Å². The number of rotatable bonds is 4. The molecule has 2 rings (SSSR count). The lowest BCUT2D eigenvalue weighted by Gasteiger charge is -2.29. The van der Waals surface area contributed by atoms with Gasteiger partial charge in [-0.25, -0.2) is 4.39 Å². The predicted octanol–water partition coefficient (Wildman–Crippen LogP) is 1.87. The van der Waals surface area contributed by atoms with Gasteiger partial charge in [-0.1, -0.05) is 6.07 Å². The lowest BCUT2D eigenvalue weighted by atomic mass is 9.97. The van der Waals surface area contributed by atoms with E-state index in [1.54, 1.807) is 13.0 Å². The number of likely N-dealkylation sites (tertiary alicyclic amines) is 1. The Kier molecular flexibility index (Phi) is 4.90. The van der Waals surface area contributed by atoms with Gasteiger partial charge >= 0.3 is 5.97 Å². The summed E-state index contributed by atoms with van der Waals surface area (Å²) in [6.07, 6.45) is 1.11. The number of aliphatic carboxylic acids is 1. The minimum absolute atomic E-state index is 0.197. The van der Waals surface area contributed by atoms with E-state index in [0.717, 1.165) is 5.56 Å². The van der Waals surface area contributed by atoms with Crippen LogP contribution in [-0.2, 0) is 9.59 Å². The van der Waals surface area contributed by atoms with Gasteiger partial charge in [-0.3, -0.25) is 14.5 Å². The second-order valence-corrected chi connectivity index (χ2v) is 5.40. The van der Waals surface area contributed by atoms with E-state index in [1.807, 2.05) is 4.90 Å². The number of hydrogen-bond acceptors (Lipinski definition) is 3. The van der Waals surface area contributed by atoms with Gasteiger partial charge in [0.05, 0.1) is 12.5 Å². The van der Waals surface area contributed by atoms with Crippen LogP contribution in [0.3, 0.4) is 0 Å². The van der Waals surface area contributed by atoms with Crippen LogP contribution in [0, 0.1) is 18.7 Å². The number of piperidine rings is 1. The lowest BCUT2D eigenvalue weighted by Crippen LogP contribution is -2.40. The van der Waals surface area contributed by atoms with Crippen LogP contribution < -0.4 is 5.32 Å². The summed E-state index contributed by atoms with van der Waals surface area (Å²) in [6, 6.07) is 4.26. The molecule has 1 heterocycles. The van der Waals surface area contributed by atoms with Gasteiger partial charge in [0.25, 0.3) is 0 Å². The average Bonchev–Trinajstić information content (AvgIpc) is 2.43. The summed E-state index contributed by atoms with van der Waals surface area (Å²) in [5.74, 6) is -1.68. The van der Waals surface area contributed by atoms with Gasteiger partial charge in [-0.15, -0.1) is 0 Å². The molecule has 21 heavy (non-hydrogen) atoms. The highest BCUT2D eigenvalue weighted by atomic mass is 19.1. The first-order valence-corrected chi connectivity index (χ1v) is 6.97. The minimum atomic E-state index is -0.769. The van der Waals surface area contributed by atoms with E-state index in [1.165, 1.54) is 12.1 Å². The van der Waals surface area contributed by atoms with E-state index in [9.17, 15) is 14.0 Å². The zero-order valence-electron chi connectivity index (χ0n) is 11.9. The predicted molar refractivity (Wildman–Crippen MR) is 76.6 cm³/mol. The quantitative estimate of drug-likeness (QED) is 0.889. The third kappa shape index (κ3) is 4.26. The van der Waals surface area contributed by atoms with Crippen molar-refractivity contribution in [3.63, 3.8) is 0 Å². The molecule has 1 saturated heterocycles. The molecule has 1 amide bonds. The van der Waals surface area contributed by atoms with E-state index >= 15 is 0 Å². The molecule has 1 aromatic carbocycles. The highest BCUT2D eigenvalue weighted by molar-refractivity contribution is 5.93. The van der Waals surface area contributed by atoms with Gasteiger partial charge in [-0.2, -0.15) is 0 Å². The number of nitrogens with zero attached hydrogens (tertiary/aromatic N) is 1. The molecule has 0 bridgehead atoms. The third-order valence-electron chi connectivity index (χ3n) is 3.78. The molecule has 6 heteroatoms. The van der Waals surface area contributed by atoms with Crippen molar-refractivity contribution in [3.8, 4) is 0 Å². The minimum Gasteiger partial charge on any atom is -0.481 e. The van der Waals surface area contributed by atoms with E-state index in [0.29, 0.717) is 31.6 Å². The molecule has 0 atom stereocenters. The summed E-state index contributed by atoms with van der Waals surface area (Å²) in [5.41, 5.74) is 1.27. The van der Waals surface area contributed by atoms with Crippen LogP contribution in [0.2, 0.25) is 0 Å². The van der Waals surface area contributed by atoms with Crippen molar-refractivity contribution >= 4 is 17.6 Å². The second kappa shape index (κ2) is 6.67. The molecule has 1 aromatic rings. The zero-order valence-corrected chi connectivity index (χ0v) is 11.9. The molecule has 5 nitrogen and oxygen atoms in total. The topological polar surface area (TPSA) is 69.6 Å². The number of benzene rings is 1. The first-order valence-electron chi connectivity index (χ1n) is 6.97. The monoisotopic (exact) mass is 294 g/mol. The number of carbonyl (C=O) groups excluding carboxylic acids is 1. The molecule has 0 saturated carbocycles. The Morgan fingerprint density at radius 3 is 2.67 bits per heavy atom. The van der Waals surface area contributed by atoms with Crippen LogP contribution in [0.4, 0.5) is 10.1 Å². The first kappa shape index (κ1) is 15.4. The van der Waals surface area contributed by atoms with Gasteiger partial charge in [0.15, 0.2) is 0 Å². The van der Waals surface area contributed by atoms with E-state index in [-0.39, 0.29) is 18.4 Å². The molecule has 0 radical (unpaired) electrons. The number of carboxylic acids is 1. The highest BCUT2D eigenvalue weighted by Gasteiger charge is 2.25. The fourth-order valence-electron chi connectivity index (χ4n) is 2.46. The first-order chi connectivity index (χ1) is 9.95. The van der Waals surface area contributed by atoms with E-state index < -0.39 is 11.8 Å². The molecular weight excluding hydrogens is 275 g/mol. The van der Waals surface area contributed by atoms with Crippen molar-refractivity contribution < 1.29 is 19.1 Å². The largest absolute Gasteiger partial charge is 0.481 e. The zero-order chi connectivity index (χ0) is 15.4. The Balaban J connectivity index is 1.85. The molecule has 0 unspecified atom stereocenters. The van der Waals surface area contributed by atoms with Gasteiger partial charge in [0.2, 0.25) is 5.91 Å². The maximum atomic E-state index is 13.2. The SMILES string of the molecule is Cc1ccc(F)cc1NC(=O)CN1CCC(C(=O)O)CC1. The fourth-order valence-corrected chi connectivity index (χ4v) is 2.46. The molecule has 0 spiro atoms. The van der Waals surface area contributed by atoms with Crippen LogP contribution in [-0.4, -0.2) is 41.5 Å². The van der Waals surface area contributed by atoms with E-state index in [2.05, 4.69) is 5.32 Å². The van der Waals surface area contributed by atoms with Crippen LogP contribution in [0.15, 0.2) is 18.2 Å². The van der Waals surface area contributed by atoms with Crippen molar-refractivity contribution in [1.82, 2.24) is 4.90 Å². The van der Waals surface area contributed by atoms with Gasteiger partial charge < -0.3 is 10.4 Å². The summed E-state index contributed by atoms with van der Waals surface area (Å²) in [7, 11) is 0. The Hall–Kier alpha value is -1.95. The summed E-state index contributed by atoms with van der Waals surface area (Å²) in [4.78, 5) is 24.7. The maximum absolute atomic E-state index is 13.2. The molecule has 1 fully saturated rings. The number of anilines is 1. The average molecular weight is 294 g/mol. The smallest absolute Gasteiger partial charge is 0.306 e.